The lowest BCUT2D eigenvalue weighted by molar-refractivity contribution is 0.593. The Hall–Kier alpha value is -1.61. The van der Waals surface area contributed by atoms with Crippen molar-refractivity contribution in [2.24, 2.45) is 0 Å². The Bertz CT molecular complexity index is 670. The predicted molar refractivity (Wildman–Crippen MR) is 82.7 cm³/mol. The monoisotopic (exact) mass is 288 g/mol. The molecule has 0 heterocycles. The Kier molecular flexibility index (Phi) is 4.61. The van der Waals surface area contributed by atoms with Crippen LogP contribution in [0, 0.1) is 13.8 Å². The molecule has 20 heavy (non-hydrogen) atoms. The van der Waals surface area contributed by atoms with E-state index in [0.29, 0.717) is 11.3 Å². The lowest BCUT2D eigenvalue weighted by Crippen LogP contribution is -2.07. The first-order chi connectivity index (χ1) is 9.47. The minimum absolute atomic E-state index is 0.198. The van der Waals surface area contributed by atoms with Crippen LogP contribution in [0.1, 0.15) is 23.1 Å². The Morgan fingerprint density at radius 3 is 2.25 bits per heavy atom. The second kappa shape index (κ2) is 6.23. The maximum Gasteiger partial charge on any atom is 0.178 e. The second-order valence-electron chi connectivity index (χ2n) is 5.22. The van der Waals surface area contributed by atoms with E-state index in [1.807, 2.05) is 44.2 Å². The standard InChI is InChI=1S/C17H20O2S/c1-14-8-10-17(11-9-14)20(18,19)12-4-7-16-6-3-5-15(2)13-16/h3,5-6,8-11,13H,4,7,12H2,1-2H3. The van der Waals surface area contributed by atoms with E-state index in [-0.39, 0.29) is 5.75 Å². The molecule has 2 aromatic carbocycles. The highest BCUT2D eigenvalue weighted by Gasteiger charge is 2.13. The van der Waals surface area contributed by atoms with Crippen molar-refractivity contribution in [2.75, 3.05) is 5.75 Å². The van der Waals surface area contributed by atoms with Crippen LogP contribution in [0.15, 0.2) is 53.4 Å². The summed E-state index contributed by atoms with van der Waals surface area (Å²) in [5.74, 6) is 0.198. The van der Waals surface area contributed by atoms with Gasteiger partial charge in [0.25, 0.3) is 0 Å². The molecule has 0 aromatic heterocycles. The lowest BCUT2D eigenvalue weighted by atomic mass is 10.1. The molecule has 0 fully saturated rings. The first kappa shape index (κ1) is 14.8. The SMILES string of the molecule is Cc1ccc(S(=O)(=O)CCCc2cccc(C)c2)cc1. The minimum Gasteiger partial charge on any atom is -0.224 e. The summed E-state index contributed by atoms with van der Waals surface area (Å²) in [4.78, 5) is 0.423. The van der Waals surface area contributed by atoms with Crippen LogP contribution in [-0.4, -0.2) is 14.2 Å². The minimum atomic E-state index is -3.16. The first-order valence-electron chi connectivity index (χ1n) is 6.82. The number of rotatable bonds is 5. The Balaban J connectivity index is 1.98. The number of sulfone groups is 1. The molecular formula is C17H20O2S. The van der Waals surface area contributed by atoms with E-state index in [1.54, 1.807) is 12.1 Å². The third kappa shape index (κ3) is 3.94. The molecule has 0 saturated heterocycles. The van der Waals surface area contributed by atoms with Gasteiger partial charge in [-0.2, -0.15) is 0 Å². The van der Waals surface area contributed by atoms with E-state index in [0.717, 1.165) is 12.0 Å². The van der Waals surface area contributed by atoms with E-state index in [2.05, 4.69) is 6.07 Å². The Morgan fingerprint density at radius 2 is 1.60 bits per heavy atom. The summed E-state index contributed by atoms with van der Waals surface area (Å²) in [6.07, 6.45) is 1.45. The normalized spacial score (nSPS) is 11.5. The highest BCUT2D eigenvalue weighted by atomic mass is 32.2. The summed E-state index contributed by atoms with van der Waals surface area (Å²) < 4.78 is 24.4. The molecule has 0 bridgehead atoms. The molecule has 2 aromatic rings. The van der Waals surface area contributed by atoms with Crippen LogP contribution >= 0.6 is 0 Å². The zero-order chi connectivity index (χ0) is 14.6. The van der Waals surface area contributed by atoms with Gasteiger partial charge in [0.15, 0.2) is 9.84 Å². The van der Waals surface area contributed by atoms with Gasteiger partial charge in [-0.3, -0.25) is 0 Å². The summed E-state index contributed by atoms with van der Waals surface area (Å²) in [5, 5.41) is 0. The fraction of sp³-hybridized carbons (Fsp3) is 0.294. The Morgan fingerprint density at radius 1 is 0.900 bits per heavy atom. The predicted octanol–water partition coefficient (Wildman–Crippen LogP) is 3.71. The fourth-order valence-electron chi connectivity index (χ4n) is 2.20. The van der Waals surface area contributed by atoms with Gasteiger partial charge >= 0.3 is 0 Å². The molecule has 0 amide bonds. The van der Waals surface area contributed by atoms with Gasteiger partial charge < -0.3 is 0 Å². The number of benzene rings is 2. The molecule has 0 unspecified atom stereocenters. The topological polar surface area (TPSA) is 34.1 Å². The van der Waals surface area contributed by atoms with Crippen molar-refractivity contribution in [2.45, 2.75) is 31.6 Å². The van der Waals surface area contributed by atoms with Crippen molar-refractivity contribution < 1.29 is 8.42 Å². The van der Waals surface area contributed by atoms with E-state index in [9.17, 15) is 8.42 Å². The number of hydrogen-bond acceptors (Lipinski definition) is 2. The maximum absolute atomic E-state index is 12.2. The smallest absolute Gasteiger partial charge is 0.178 e. The molecule has 2 rings (SSSR count). The molecule has 0 atom stereocenters. The van der Waals surface area contributed by atoms with Crippen LogP contribution in [0.3, 0.4) is 0 Å². The molecule has 106 valence electrons. The second-order valence-corrected chi connectivity index (χ2v) is 7.33. The third-order valence-electron chi connectivity index (χ3n) is 3.34. The summed E-state index contributed by atoms with van der Waals surface area (Å²) in [6, 6.07) is 15.3. The highest BCUT2D eigenvalue weighted by Crippen LogP contribution is 2.14. The van der Waals surface area contributed by atoms with Crippen molar-refractivity contribution in [3.05, 3.63) is 65.2 Å². The molecule has 0 N–H and O–H groups in total. The van der Waals surface area contributed by atoms with Crippen molar-refractivity contribution in [3.63, 3.8) is 0 Å². The number of hydrogen-bond donors (Lipinski definition) is 0. The molecule has 0 saturated carbocycles. The summed E-state index contributed by atoms with van der Waals surface area (Å²) in [7, 11) is -3.16. The van der Waals surface area contributed by atoms with Gasteiger partial charge in [-0.15, -0.1) is 0 Å². The van der Waals surface area contributed by atoms with Crippen molar-refractivity contribution in [3.8, 4) is 0 Å². The summed E-state index contributed by atoms with van der Waals surface area (Å²) in [5.41, 5.74) is 3.48. The third-order valence-corrected chi connectivity index (χ3v) is 5.16. The van der Waals surface area contributed by atoms with Gasteiger partial charge in [0.2, 0.25) is 0 Å². The van der Waals surface area contributed by atoms with Gasteiger partial charge in [-0.25, -0.2) is 8.42 Å². The fourth-order valence-corrected chi connectivity index (χ4v) is 3.51. The van der Waals surface area contributed by atoms with Crippen molar-refractivity contribution >= 4 is 9.84 Å². The summed E-state index contributed by atoms with van der Waals surface area (Å²) >= 11 is 0. The van der Waals surface area contributed by atoms with E-state index >= 15 is 0 Å². The number of aryl methyl sites for hydroxylation is 3. The van der Waals surface area contributed by atoms with E-state index < -0.39 is 9.84 Å². The average molecular weight is 288 g/mol. The summed E-state index contributed by atoms with van der Waals surface area (Å²) in [6.45, 7) is 4.00. The largest absolute Gasteiger partial charge is 0.224 e. The molecule has 0 radical (unpaired) electrons. The first-order valence-corrected chi connectivity index (χ1v) is 8.47. The van der Waals surface area contributed by atoms with Gasteiger partial charge in [0.05, 0.1) is 10.6 Å². The average Bonchev–Trinajstić information content (AvgIpc) is 2.39. The van der Waals surface area contributed by atoms with Gasteiger partial charge in [-0.1, -0.05) is 47.5 Å². The molecule has 3 heteroatoms. The van der Waals surface area contributed by atoms with Crippen LogP contribution in [0.5, 0.6) is 0 Å². The zero-order valence-electron chi connectivity index (χ0n) is 12.0. The van der Waals surface area contributed by atoms with Gasteiger partial charge in [0, 0.05) is 0 Å². The maximum atomic E-state index is 12.2. The van der Waals surface area contributed by atoms with Gasteiger partial charge in [0.1, 0.15) is 0 Å². The Labute approximate surface area is 121 Å². The van der Waals surface area contributed by atoms with E-state index in [4.69, 9.17) is 0 Å². The molecule has 0 aliphatic heterocycles. The van der Waals surface area contributed by atoms with Crippen LogP contribution in [-0.2, 0) is 16.3 Å². The van der Waals surface area contributed by atoms with Crippen molar-refractivity contribution in [1.29, 1.82) is 0 Å². The van der Waals surface area contributed by atoms with Crippen LogP contribution < -0.4 is 0 Å². The van der Waals surface area contributed by atoms with Gasteiger partial charge in [-0.05, 0) is 44.4 Å². The van der Waals surface area contributed by atoms with E-state index in [1.165, 1.54) is 11.1 Å². The van der Waals surface area contributed by atoms with Crippen LogP contribution in [0.4, 0.5) is 0 Å². The zero-order valence-corrected chi connectivity index (χ0v) is 12.8. The highest BCUT2D eigenvalue weighted by molar-refractivity contribution is 7.91. The lowest BCUT2D eigenvalue weighted by Gasteiger charge is -2.06. The molecule has 2 nitrogen and oxygen atoms in total. The quantitative estimate of drug-likeness (QED) is 0.840. The molecule has 0 aliphatic rings. The van der Waals surface area contributed by atoms with Crippen LogP contribution in [0.2, 0.25) is 0 Å². The van der Waals surface area contributed by atoms with Crippen molar-refractivity contribution in [1.82, 2.24) is 0 Å². The molecule has 0 spiro atoms. The molecular weight excluding hydrogens is 268 g/mol. The molecule has 0 aliphatic carbocycles. The van der Waals surface area contributed by atoms with Crippen LogP contribution in [0.25, 0.3) is 0 Å².